The normalized spacial score (nSPS) is 34.2. The second-order valence-electron chi connectivity index (χ2n) is 7.01. The van der Waals surface area contributed by atoms with Gasteiger partial charge in [-0.05, 0) is 43.4 Å². The fourth-order valence-corrected chi connectivity index (χ4v) is 4.67. The zero-order valence-corrected chi connectivity index (χ0v) is 12.9. The molecule has 3 heteroatoms. The minimum atomic E-state index is 0.199. The van der Waals surface area contributed by atoms with Crippen molar-refractivity contribution in [3.63, 3.8) is 0 Å². The van der Waals surface area contributed by atoms with Crippen molar-refractivity contribution in [1.29, 1.82) is 0 Å². The van der Waals surface area contributed by atoms with Crippen LogP contribution in [0.15, 0.2) is 24.3 Å². The van der Waals surface area contributed by atoms with E-state index in [9.17, 15) is 0 Å². The number of aryl methyl sites for hydroxylation is 1. The molecule has 3 aliphatic rings. The third-order valence-electron chi connectivity index (χ3n) is 5.88. The van der Waals surface area contributed by atoms with Crippen LogP contribution in [0.3, 0.4) is 0 Å². The van der Waals surface area contributed by atoms with Crippen molar-refractivity contribution >= 4 is 0 Å². The van der Waals surface area contributed by atoms with Gasteiger partial charge in [0.25, 0.3) is 0 Å². The summed E-state index contributed by atoms with van der Waals surface area (Å²) in [6.45, 7) is 5.01. The van der Waals surface area contributed by atoms with Gasteiger partial charge < -0.3 is 5.73 Å². The van der Waals surface area contributed by atoms with Crippen LogP contribution >= 0.6 is 0 Å². The molecule has 1 aromatic rings. The van der Waals surface area contributed by atoms with Crippen LogP contribution in [0.2, 0.25) is 0 Å². The molecule has 2 aliphatic heterocycles. The van der Waals surface area contributed by atoms with Gasteiger partial charge in [0, 0.05) is 37.8 Å². The summed E-state index contributed by atoms with van der Waals surface area (Å²) >= 11 is 0. The molecule has 2 N–H and O–H groups in total. The van der Waals surface area contributed by atoms with Gasteiger partial charge in [0.15, 0.2) is 0 Å². The molecule has 0 bridgehead atoms. The first kappa shape index (κ1) is 13.7. The number of benzene rings is 1. The molecule has 3 nitrogen and oxygen atoms in total. The summed E-state index contributed by atoms with van der Waals surface area (Å²) < 4.78 is 0. The number of hydrogen-bond acceptors (Lipinski definition) is 3. The third kappa shape index (κ3) is 2.52. The Bertz CT molecular complexity index is 501. The molecule has 4 rings (SSSR count). The van der Waals surface area contributed by atoms with Crippen molar-refractivity contribution in [1.82, 2.24) is 9.80 Å². The van der Waals surface area contributed by atoms with E-state index in [0.29, 0.717) is 6.04 Å². The summed E-state index contributed by atoms with van der Waals surface area (Å²) in [7, 11) is 0. The largest absolute Gasteiger partial charge is 0.323 e. The molecule has 2 heterocycles. The summed E-state index contributed by atoms with van der Waals surface area (Å²) in [4.78, 5) is 5.41. The molecule has 2 saturated heterocycles. The standard InChI is InChI=1S/C18H27N3/c19-18-16-7-2-1-5-14(16)8-9-17(18)21-12-11-20-10-4-3-6-15(20)13-21/h1-2,5,7,15,17-18H,3-4,6,8-13,19H2. The molecule has 21 heavy (non-hydrogen) atoms. The zero-order valence-electron chi connectivity index (χ0n) is 12.9. The van der Waals surface area contributed by atoms with Gasteiger partial charge in [0.1, 0.15) is 0 Å². The van der Waals surface area contributed by atoms with Gasteiger partial charge in [-0.15, -0.1) is 0 Å². The van der Waals surface area contributed by atoms with Crippen LogP contribution < -0.4 is 5.73 Å². The number of piperidine rings is 1. The maximum absolute atomic E-state index is 6.63. The van der Waals surface area contributed by atoms with Crippen molar-refractivity contribution in [3.05, 3.63) is 35.4 Å². The van der Waals surface area contributed by atoms with E-state index in [0.717, 1.165) is 6.04 Å². The molecule has 1 aliphatic carbocycles. The average Bonchev–Trinajstić information content (AvgIpc) is 2.55. The molecule has 0 radical (unpaired) electrons. The van der Waals surface area contributed by atoms with Crippen LogP contribution in [0, 0.1) is 0 Å². The molecule has 2 fully saturated rings. The summed E-state index contributed by atoms with van der Waals surface area (Å²) in [5.74, 6) is 0. The molecule has 0 aromatic heterocycles. The van der Waals surface area contributed by atoms with Gasteiger partial charge in [0.05, 0.1) is 0 Å². The van der Waals surface area contributed by atoms with E-state index < -0.39 is 0 Å². The van der Waals surface area contributed by atoms with Crippen LogP contribution in [-0.4, -0.2) is 48.1 Å². The Morgan fingerprint density at radius 2 is 1.81 bits per heavy atom. The number of nitrogens with zero attached hydrogens (tertiary/aromatic N) is 2. The fraction of sp³-hybridized carbons (Fsp3) is 0.667. The van der Waals surface area contributed by atoms with Gasteiger partial charge in [-0.2, -0.15) is 0 Å². The minimum absolute atomic E-state index is 0.199. The van der Waals surface area contributed by atoms with E-state index in [1.165, 1.54) is 69.4 Å². The number of hydrogen-bond donors (Lipinski definition) is 1. The average molecular weight is 285 g/mol. The second kappa shape index (κ2) is 5.71. The van der Waals surface area contributed by atoms with Crippen molar-refractivity contribution in [2.24, 2.45) is 5.73 Å². The summed E-state index contributed by atoms with van der Waals surface area (Å²) in [6, 6.07) is 10.3. The maximum atomic E-state index is 6.63. The second-order valence-corrected chi connectivity index (χ2v) is 7.01. The highest BCUT2D eigenvalue weighted by molar-refractivity contribution is 5.33. The van der Waals surface area contributed by atoms with Gasteiger partial charge in [0.2, 0.25) is 0 Å². The molecule has 3 atom stereocenters. The highest BCUT2D eigenvalue weighted by Crippen LogP contribution is 2.33. The van der Waals surface area contributed by atoms with Crippen molar-refractivity contribution in [2.75, 3.05) is 26.2 Å². The zero-order chi connectivity index (χ0) is 14.2. The number of rotatable bonds is 1. The molecular weight excluding hydrogens is 258 g/mol. The molecule has 114 valence electrons. The maximum Gasteiger partial charge on any atom is 0.0455 e. The lowest BCUT2D eigenvalue weighted by atomic mass is 9.83. The first-order valence-electron chi connectivity index (χ1n) is 8.64. The Hall–Kier alpha value is -0.900. The first-order valence-corrected chi connectivity index (χ1v) is 8.64. The lowest BCUT2D eigenvalue weighted by Gasteiger charge is -2.48. The van der Waals surface area contributed by atoms with Crippen LogP contribution in [-0.2, 0) is 6.42 Å². The Balaban J connectivity index is 1.50. The van der Waals surface area contributed by atoms with Gasteiger partial charge in [-0.3, -0.25) is 9.80 Å². The third-order valence-corrected chi connectivity index (χ3v) is 5.88. The van der Waals surface area contributed by atoms with Crippen LogP contribution in [0.25, 0.3) is 0 Å². The minimum Gasteiger partial charge on any atom is -0.323 e. The van der Waals surface area contributed by atoms with E-state index in [2.05, 4.69) is 34.1 Å². The summed E-state index contributed by atoms with van der Waals surface area (Å²) in [5.41, 5.74) is 9.49. The van der Waals surface area contributed by atoms with Gasteiger partial charge >= 0.3 is 0 Å². The molecular formula is C18H27N3. The lowest BCUT2D eigenvalue weighted by Crippen LogP contribution is -2.59. The Morgan fingerprint density at radius 1 is 0.952 bits per heavy atom. The van der Waals surface area contributed by atoms with Crippen LogP contribution in [0.1, 0.15) is 42.9 Å². The van der Waals surface area contributed by atoms with E-state index in [4.69, 9.17) is 5.73 Å². The van der Waals surface area contributed by atoms with E-state index in [-0.39, 0.29) is 6.04 Å². The predicted molar refractivity (Wildman–Crippen MR) is 86.3 cm³/mol. The molecule has 0 saturated carbocycles. The SMILES string of the molecule is NC1c2ccccc2CCC1N1CCN2CCCCC2C1. The van der Waals surface area contributed by atoms with Crippen molar-refractivity contribution in [3.8, 4) is 0 Å². The quantitative estimate of drug-likeness (QED) is 0.858. The fourth-order valence-electron chi connectivity index (χ4n) is 4.67. The predicted octanol–water partition coefficient (Wildman–Crippen LogP) is 2.17. The van der Waals surface area contributed by atoms with E-state index in [1.807, 2.05) is 0 Å². The topological polar surface area (TPSA) is 32.5 Å². The Kier molecular flexibility index (Phi) is 3.74. The summed E-state index contributed by atoms with van der Waals surface area (Å²) in [5, 5.41) is 0. The number of piperazine rings is 1. The van der Waals surface area contributed by atoms with Crippen molar-refractivity contribution < 1.29 is 0 Å². The highest BCUT2D eigenvalue weighted by atomic mass is 15.3. The lowest BCUT2D eigenvalue weighted by molar-refractivity contribution is 0.0172. The smallest absolute Gasteiger partial charge is 0.0455 e. The number of nitrogens with two attached hydrogens (primary N) is 1. The molecule has 0 spiro atoms. The molecule has 0 amide bonds. The summed E-state index contributed by atoms with van der Waals surface area (Å²) in [6.07, 6.45) is 6.61. The molecule has 3 unspecified atom stereocenters. The molecule has 1 aromatic carbocycles. The Morgan fingerprint density at radius 3 is 2.76 bits per heavy atom. The van der Waals surface area contributed by atoms with E-state index >= 15 is 0 Å². The monoisotopic (exact) mass is 285 g/mol. The van der Waals surface area contributed by atoms with E-state index in [1.54, 1.807) is 0 Å². The van der Waals surface area contributed by atoms with Gasteiger partial charge in [-0.25, -0.2) is 0 Å². The Labute approximate surface area is 128 Å². The highest BCUT2D eigenvalue weighted by Gasteiger charge is 2.36. The van der Waals surface area contributed by atoms with Crippen molar-refractivity contribution in [2.45, 2.75) is 50.2 Å². The number of fused-ring (bicyclic) bond motifs is 2. The van der Waals surface area contributed by atoms with Crippen LogP contribution in [0.5, 0.6) is 0 Å². The first-order chi connectivity index (χ1) is 10.3. The van der Waals surface area contributed by atoms with Gasteiger partial charge in [-0.1, -0.05) is 30.7 Å². The van der Waals surface area contributed by atoms with Crippen LogP contribution in [0.4, 0.5) is 0 Å².